The number of sulfone groups is 1. The van der Waals surface area contributed by atoms with Gasteiger partial charge in [0.2, 0.25) is 0 Å². The van der Waals surface area contributed by atoms with Crippen molar-refractivity contribution in [2.75, 3.05) is 0 Å². The molecular weight excluding hydrogens is 408 g/mol. The lowest BCUT2D eigenvalue weighted by Gasteiger charge is -2.20. The Morgan fingerprint density at radius 1 is 0.935 bits per heavy atom. The van der Waals surface area contributed by atoms with E-state index in [1.807, 2.05) is 24.3 Å². The molecule has 3 atom stereocenters. The molecule has 2 aromatic rings. The Hall–Kier alpha value is -2.14. The first kappa shape index (κ1) is 23.5. The molecule has 0 saturated heterocycles. The van der Waals surface area contributed by atoms with Crippen LogP contribution < -0.4 is 4.74 Å². The van der Waals surface area contributed by atoms with E-state index in [9.17, 15) is 13.2 Å². The van der Waals surface area contributed by atoms with Crippen LogP contribution >= 0.6 is 0 Å². The van der Waals surface area contributed by atoms with Crippen molar-refractivity contribution in [2.24, 2.45) is 11.8 Å². The number of ketones is 1. The molecule has 0 bridgehead atoms. The predicted octanol–water partition coefficient (Wildman–Crippen LogP) is 5.64. The number of Topliss-reactive ketones (excluding diaryl/α,β-unsaturated/α-hetero) is 1. The van der Waals surface area contributed by atoms with Crippen LogP contribution in [0.3, 0.4) is 0 Å². The zero-order valence-corrected chi connectivity index (χ0v) is 20.0. The van der Waals surface area contributed by atoms with Gasteiger partial charge >= 0.3 is 0 Å². The van der Waals surface area contributed by atoms with Crippen LogP contribution in [0.2, 0.25) is 0 Å². The number of benzene rings is 2. The summed E-state index contributed by atoms with van der Waals surface area (Å²) in [7, 11) is -3.25. The van der Waals surface area contributed by atoms with E-state index in [1.54, 1.807) is 45.0 Å². The molecule has 0 amide bonds. The first-order chi connectivity index (χ1) is 14.5. The van der Waals surface area contributed by atoms with Crippen LogP contribution in [0.1, 0.15) is 68.9 Å². The zero-order valence-electron chi connectivity index (χ0n) is 19.2. The Labute approximate surface area is 186 Å². The maximum Gasteiger partial charge on any atom is 0.167 e. The van der Waals surface area contributed by atoms with Gasteiger partial charge in [0.15, 0.2) is 15.6 Å². The molecule has 0 radical (unpaired) electrons. The van der Waals surface area contributed by atoms with E-state index < -0.39 is 14.6 Å². The second kappa shape index (κ2) is 9.15. The number of carbonyl (C=O) groups is 1. The minimum atomic E-state index is -3.25. The third-order valence-corrected chi connectivity index (χ3v) is 9.11. The van der Waals surface area contributed by atoms with Gasteiger partial charge in [-0.3, -0.25) is 4.79 Å². The third kappa shape index (κ3) is 5.76. The van der Waals surface area contributed by atoms with Crippen LogP contribution in [0.25, 0.3) is 0 Å². The molecule has 0 aliphatic heterocycles. The van der Waals surface area contributed by atoms with Gasteiger partial charge in [0.25, 0.3) is 0 Å². The van der Waals surface area contributed by atoms with Gasteiger partial charge in [0.05, 0.1) is 10.5 Å². The Kier molecular flexibility index (Phi) is 6.95. The monoisotopic (exact) mass is 442 g/mol. The lowest BCUT2D eigenvalue weighted by Crippen LogP contribution is -2.29. The third-order valence-electron chi connectivity index (χ3n) is 6.53. The van der Waals surface area contributed by atoms with E-state index in [1.165, 1.54) is 6.42 Å². The average molecular weight is 443 g/mol. The van der Waals surface area contributed by atoms with Crippen molar-refractivity contribution in [3.8, 4) is 5.75 Å². The molecule has 1 saturated carbocycles. The van der Waals surface area contributed by atoms with Gasteiger partial charge in [0, 0.05) is 12.0 Å². The lowest BCUT2D eigenvalue weighted by atomic mass is 9.99. The minimum absolute atomic E-state index is 0.0112. The van der Waals surface area contributed by atoms with Gasteiger partial charge in [0.1, 0.15) is 11.9 Å². The average Bonchev–Trinajstić information content (AvgIpc) is 3.01. The number of carbonyl (C=O) groups excluding carboxylic acids is 1. The van der Waals surface area contributed by atoms with E-state index in [0.717, 1.165) is 17.7 Å². The summed E-state index contributed by atoms with van der Waals surface area (Å²) in [5.74, 6) is 2.10. The molecule has 3 rings (SSSR count). The zero-order chi connectivity index (χ0) is 22.8. The van der Waals surface area contributed by atoms with Crippen LogP contribution in [0.4, 0.5) is 0 Å². The van der Waals surface area contributed by atoms with E-state index in [0.29, 0.717) is 29.4 Å². The molecule has 31 heavy (non-hydrogen) atoms. The highest BCUT2D eigenvalue weighted by molar-refractivity contribution is 7.91. The maximum absolute atomic E-state index is 12.7. The molecular formula is C26H34O4S. The van der Waals surface area contributed by atoms with Crippen LogP contribution in [0, 0.1) is 11.8 Å². The first-order valence-corrected chi connectivity index (χ1v) is 12.7. The molecule has 0 aromatic heterocycles. The molecule has 4 nitrogen and oxygen atoms in total. The van der Waals surface area contributed by atoms with Crippen LogP contribution in [0.5, 0.6) is 5.75 Å². The van der Waals surface area contributed by atoms with E-state index in [2.05, 4.69) is 13.8 Å². The SMILES string of the molecule is CC1CCC(Oc2ccc(CC(=O)c3ccc(CS(=O)(=O)C(C)(C)C)cc3)cc2)C1C. The number of rotatable bonds is 7. The van der Waals surface area contributed by atoms with Crippen LogP contribution in [-0.4, -0.2) is 25.1 Å². The van der Waals surface area contributed by atoms with E-state index in [4.69, 9.17) is 4.74 Å². The smallest absolute Gasteiger partial charge is 0.167 e. The molecule has 0 heterocycles. The standard InChI is InChI=1S/C26H34O4S/c1-18-6-15-25(19(18)2)30-23-13-9-20(10-14-23)16-24(27)22-11-7-21(8-12-22)17-31(28,29)26(3,4)5/h7-14,18-19,25H,6,15-17H2,1-5H3. The highest BCUT2D eigenvalue weighted by Crippen LogP contribution is 2.34. The summed E-state index contributed by atoms with van der Waals surface area (Å²) >= 11 is 0. The fourth-order valence-electron chi connectivity index (χ4n) is 3.86. The first-order valence-electron chi connectivity index (χ1n) is 11.1. The largest absolute Gasteiger partial charge is 0.490 e. The van der Waals surface area contributed by atoms with Crippen LogP contribution in [-0.2, 0) is 22.0 Å². The highest BCUT2D eigenvalue weighted by Gasteiger charge is 2.31. The highest BCUT2D eigenvalue weighted by atomic mass is 32.2. The molecule has 1 aliphatic rings. The second-order valence-electron chi connectivity index (χ2n) is 9.88. The van der Waals surface area contributed by atoms with Gasteiger partial charge in [-0.2, -0.15) is 0 Å². The van der Waals surface area contributed by atoms with Crippen molar-refractivity contribution >= 4 is 15.6 Å². The second-order valence-corrected chi connectivity index (χ2v) is 12.6. The van der Waals surface area contributed by atoms with Crippen molar-refractivity contribution in [3.05, 3.63) is 65.2 Å². The molecule has 168 valence electrons. The van der Waals surface area contributed by atoms with Gasteiger partial charge in [-0.1, -0.05) is 50.2 Å². The Morgan fingerprint density at radius 3 is 2.03 bits per heavy atom. The van der Waals surface area contributed by atoms with Crippen molar-refractivity contribution in [3.63, 3.8) is 0 Å². The van der Waals surface area contributed by atoms with Gasteiger partial charge in [-0.05, 0) is 68.7 Å². The summed E-state index contributed by atoms with van der Waals surface area (Å²) < 4.78 is 30.1. The van der Waals surface area contributed by atoms with Crippen molar-refractivity contribution in [2.45, 2.75) is 70.5 Å². The summed E-state index contributed by atoms with van der Waals surface area (Å²) in [6.45, 7) is 9.63. The van der Waals surface area contributed by atoms with E-state index >= 15 is 0 Å². The lowest BCUT2D eigenvalue weighted by molar-refractivity contribution is 0.0993. The number of hydrogen-bond acceptors (Lipinski definition) is 4. The van der Waals surface area contributed by atoms with Gasteiger partial charge in [-0.25, -0.2) is 8.42 Å². The van der Waals surface area contributed by atoms with Gasteiger partial charge < -0.3 is 4.74 Å². The summed E-state index contributed by atoms with van der Waals surface area (Å²) in [5.41, 5.74) is 2.22. The quantitative estimate of drug-likeness (QED) is 0.521. The minimum Gasteiger partial charge on any atom is -0.490 e. The predicted molar refractivity (Wildman–Crippen MR) is 125 cm³/mol. The Bertz CT molecular complexity index is 999. The molecule has 1 fully saturated rings. The molecule has 0 N–H and O–H groups in total. The molecule has 2 aromatic carbocycles. The van der Waals surface area contributed by atoms with Crippen molar-refractivity contribution < 1.29 is 17.9 Å². The fourth-order valence-corrected chi connectivity index (χ4v) is 4.92. The topological polar surface area (TPSA) is 60.4 Å². The van der Waals surface area contributed by atoms with Crippen LogP contribution in [0.15, 0.2) is 48.5 Å². The Morgan fingerprint density at radius 2 is 1.52 bits per heavy atom. The van der Waals surface area contributed by atoms with E-state index in [-0.39, 0.29) is 17.6 Å². The normalized spacial score (nSPS) is 21.8. The number of ether oxygens (including phenoxy) is 1. The summed E-state index contributed by atoms with van der Waals surface area (Å²) in [6.07, 6.45) is 2.87. The fraction of sp³-hybridized carbons (Fsp3) is 0.500. The van der Waals surface area contributed by atoms with Crippen molar-refractivity contribution in [1.82, 2.24) is 0 Å². The maximum atomic E-state index is 12.7. The molecule has 0 spiro atoms. The molecule has 1 aliphatic carbocycles. The number of hydrogen-bond donors (Lipinski definition) is 0. The summed E-state index contributed by atoms with van der Waals surface area (Å²) in [5, 5.41) is 0. The molecule has 3 unspecified atom stereocenters. The molecule has 5 heteroatoms. The van der Waals surface area contributed by atoms with Gasteiger partial charge in [-0.15, -0.1) is 0 Å². The summed E-state index contributed by atoms with van der Waals surface area (Å²) in [6, 6.07) is 14.7. The Balaban J connectivity index is 1.59. The van der Waals surface area contributed by atoms with Crippen molar-refractivity contribution in [1.29, 1.82) is 0 Å². The summed E-state index contributed by atoms with van der Waals surface area (Å²) in [4.78, 5) is 12.7.